The second kappa shape index (κ2) is 3.11. The molecule has 0 bridgehead atoms. The van der Waals surface area contributed by atoms with Crippen molar-refractivity contribution < 1.29 is 0 Å². The van der Waals surface area contributed by atoms with Gasteiger partial charge in [0.1, 0.15) is 0 Å². The third kappa shape index (κ3) is 1.42. The lowest BCUT2D eigenvalue weighted by Crippen LogP contribution is -2.54. The van der Waals surface area contributed by atoms with Gasteiger partial charge < -0.3 is 5.73 Å². The van der Waals surface area contributed by atoms with Gasteiger partial charge in [0.15, 0.2) is 0 Å². The summed E-state index contributed by atoms with van der Waals surface area (Å²) in [6.45, 7) is 3.55. The van der Waals surface area contributed by atoms with Crippen LogP contribution in [0.3, 0.4) is 0 Å². The Morgan fingerprint density at radius 3 is 2.45 bits per heavy atom. The topological polar surface area (TPSA) is 29.3 Å². The lowest BCUT2D eigenvalue weighted by Gasteiger charge is -2.48. The predicted molar refractivity (Wildman–Crippen MR) is 46.4 cm³/mol. The van der Waals surface area contributed by atoms with Gasteiger partial charge in [-0.1, -0.05) is 6.42 Å². The Kier molecular flexibility index (Phi) is 2.14. The summed E-state index contributed by atoms with van der Waals surface area (Å²) in [5, 5.41) is 0. The number of rotatable bonds is 3. The Balaban J connectivity index is 1.63. The number of hydrogen-bond donors (Lipinski definition) is 1. The fourth-order valence-electron chi connectivity index (χ4n) is 2.08. The highest BCUT2D eigenvalue weighted by molar-refractivity contribution is 4.89. The molecule has 1 aliphatic carbocycles. The van der Waals surface area contributed by atoms with Gasteiger partial charge in [-0.2, -0.15) is 0 Å². The maximum absolute atomic E-state index is 5.49. The van der Waals surface area contributed by atoms with Crippen molar-refractivity contribution in [2.24, 2.45) is 11.7 Å². The Morgan fingerprint density at radius 1 is 1.27 bits per heavy atom. The normalized spacial score (nSPS) is 28.1. The highest BCUT2D eigenvalue weighted by Crippen LogP contribution is 2.31. The molecule has 2 N–H and O–H groups in total. The van der Waals surface area contributed by atoms with Crippen LogP contribution in [0.15, 0.2) is 0 Å². The zero-order chi connectivity index (χ0) is 7.68. The molecule has 1 heterocycles. The quantitative estimate of drug-likeness (QED) is 0.652. The van der Waals surface area contributed by atoms with Gasteiger partial charge in [-0.25, -0.2) is 0 Å². The van der Waals surface area contributed by atoms with E-state index in [1.54, 1.807) is 0 Å². The van der Waals surface area contributed by atoms with Crippen LogP contribution in [-0.4, -0.2) is 30.6 Å². The van der Waals surface area contributed by atoms with E-state index in [1.165, 1.54) is 38.8 Å². The first kappa shape index (κ1) is 7.56. The van der Waals surface area contributed by atoms with Crippen LogP contribution >= 0.6 is 0 Å². The van der Waals surface area contributed by atoms with Gasteiger partial charge in [-0.15, -0.1) is 0 Å². The molecule has 0 aromatic heterocycles. The van der Waals surface area contributed by atoms with Crippen LogP contribution in [0, 0.1) is 5.92 Å². The van der Waals surface area contributed by atoms with E-state index < -0.39 is 0 Å². The number of likely N-dealkylation sites (tertiary alicyclic amines) is 1. The van der Waals surface area contributed by atoms with Crippen molar-refractivity contribution >= 4 is 0 Å². The maximum atomic E-state index is 5.49. The molecule has 2 fully saturated rings. The lowest BCUT2D eigenvalue weighted by molar-refractivity contribution is 0.0146. The van der Waals surface area contributed by atoms with Gasteiger partial charge in [-0.05, 0) is 31.7 Å². The van der Waals surface area contributed by atoms with Crippen LogP contribution in [0.5, 0.6) is 0 Å². The van der Waals surface area contributed by atoms with Crippen molar-refractivity contribution in [3.63, 3.8) is 0 Å². The lowest BCUT2D eigenvalue weighted by atomic mass is 9.85. The van der Waals surface area contributed by atoms with Gasteiger partial charge in [0.25, 0.3) is 0 Å². The number of nitrogens with two attached hydrogens (primary N) is 1. The summed E-state index contributed by atoms with van der Waals surface area (Å²) in [6.07, 6.45) is 5.61. The summed E-state index contributed by atoms with van der Waals surface area (Å²) >= 11 is 0. The van der Waals surface area contributed by atoms with Gasteiger partial charge in [0.05, 0.1) is 0 Å². The smallest absolute Gasteiger partial charge is 0.00955 e. The molecule has 1 saturated heterocycles. The van der Waals surface area contributed by atoms with Crippen LogP contribution in [-0.2, 0) is 0 Å². The van der Waals surface area contributed by atoms with Crippen molar-refractivity contribution in [3.8, 4) is 0 Å². The zero-order valence-corrected chi connectivity index (χ0v) is 7.13. The summed E-state index contributed by atoms with van der Waals surface area (Å²) in [5.41, 5.74) is 5.49. The summed E-state index contributed by atoms with van der Waals surface area (Å²) in [4.78, 5) is 2.63. The fourth-order valence-corrected chi connectivity index (χ4v) is 2.08. The minimum Gasteiger partial charge on any atom is -0.330 e. The van der Waals surface area contributed by atoms with Crippen LogP contribution in [0.2, 0.25) is 0 Å². The fraction of sp³-hybridized carbons (Fsp3) is 1.00. The van der Waals surface area contributed by atoms with E-state index in [2.05, 4.69) is 4.90 Å². The number of hydrogen-bond acceptors (Lipinski definition) is 2. The van der Waals surface area contributed by atoms with E-state index in [-0.39, 0.29) is 0 Å². The molecule has 2 nitrogen and oxygen atoms in total. The second-order valence-corrected chi connectivity index (χ2v) is 3.98. The van der Waals surface area contributed by atoms with Crippen molar-refractivity contribution in [1.29, 1.82) is 0 Å². The van der Waals surface area contributed by atoms with Crippen molar-refractivity contribution in [2.45, 2.75) is 31.7 Å². The van der Waals surface area contributed by atoms with E-state index in [4.69, 9.17) is 5.73 Å². The van der Waals surface area contributed by atoms with Gasteiger partial charge in [0, 0.05) is 19.1 Å². The molecule has 0 aromatic rings. The Morgan fingerprint density at radius 2 is 2.00 bits per heavy atom. The number of nitrogens with zero attached hydrogens (tertiary/aromatic N) is 1. The van der Waals surface area contributed by atoms with E-state index in [0.29, 0.717) is 0 Å². The van der Waals surface area contributed by atoms with E-state index in [0.717, 1.165) is 18.5 Å². The first-order valence-corrected chi connectivity index (χ1v) is 4.84. The van der Waals surface area contributed by atoms with Crippen molar-refractivity contribution in [2.75, 3.05) is 19.6 Å². The van der Waals surface area contributed by atoms with Gasteiger partial charge >= 0.3 is 0 Å². The van der Waals surface area contributed by atoms with E-state index in [9.17, 15) is 0 Å². The molecule has 0 aromatic carbocycles. The monoisotopic (exact) mass is 154 g/mol. The van der Waals surface area contributed by atoms with Crippen LogP contribution in [0.4, 0.5) is 0 Å². The first-order valence-electron chi connectivity index (χ1n) is 4.84. The SMILES string of the molecule is NCCC1CN(C2CCC2)C1. The van der Waals surface area contributed by atoms with Crippen molar-refractivity contribution in [1.82, 2.24) is 4.90 Å². The average Bonchev–Trinajstić information content (AvgIpc) is 1.79. The van der Waals surface area contributed by atoms with Gasteiger partial charge in [-0.3, -0.25) is 4.90 Å². The van der Waals surface area contributed by atoms with E-state index in [1.807, 2.05) is 0 Å². The molecule has 1 aliphatic heterocycles. The van der Waals surface area contributed by atoms with Crippen molar-refractivity contribution in [3.05, 3.63) is 0 Å². The van der Waals surface area contributed by atoms with E-state index >= 15 is 0 Å². The molecule has 0 amide bonds. The first-order chi connectivity index (χ1) is 5.40. The molecular formula is C9H18N2. The highest BCUT2D eigenvalue weighted by atomic mass is 15.2. The molecule has 64 valence electrons. The van der Waals surface area contributed by atoms with Gasteiger partial charge in [0.2, 0.25) is 0 Å². The molecule has 0 unspecified atom stereocenters. The Hall–Kier alpha value is -0.0800. The summed E-state index contributed by atoms with van der Waals surface area (Å²) in [5.74, 6) is 0.931. The maximum Gasteiger partial charge on any atom is 0.00955 e. The Labute approximate surface area is 68.7 Å². The summed E-state index contributed by atoms with van der Waals surface area (Å²) in [7, 11) is 0. The average molecular weight is 154 g/mol. The standard InChI is InChI=1S/C9H18N2/c10-5-4-8-6-11(7-8)9-2-1-3-9/h8-9H,1-7,10H2. The molecule has 2 rings (SSSR count). The molecule has 11 heavy (non-hydrogen) atoms. The minimum absolute atomic E-state index is 0.878. The summed E-state index contributed by atoms with van der Waals surface area (Å²) in [6, 6.07) is 0.962. The summed E-state index contributed by atoms with van der Waals surface area (Å²) < 4.78 is 0. The molecule has 0 radical (unpaired) electrons. The highest BCUT2D eigenvalue weighted by Gasteiger charge is 2.34. The third-order valence-electron chi connectivity index (χ3n) is 3.15. The molecule has 0 atom stereocenters. The molecule has 1 saturated carbocycles. The second-order valence-electron chi connectivity index (χ2n) is 3.98. The van der Waals surface area contributed by atoms with Crippen LogP contribution in [0.1, 0.15) is 25.7 Å². The van der Waals surface area contributed by atoms with Crippen LogP contribution < -0.4 is 5.73 Å². The molecule has 2 aliphatic rings. The minimum atomic E-state index is 0.878. The molecule has 2 heteroatoms. The molecular weight excluding hydrogens is 136 g/mol. The third-order valence-corrected chi connectivity index (χ3v) is 3.15. The largest absolute Gasteiger partial charge is 0.330 e. The molecule has 0 spiro atoms. The predicted octanol–water partition coefficient (Wildman–Crippen LogP) is 0.819. The Bertz CT molecular complexity index is 126. The zero-order valence-electron chi connectivity index (χ0n) is 7.13. The van der Waals surface area contributed by atoms with Crippen LogP contribution in [0.25, 0.3) is 0 Å².